The van der Waals surface area contributed by atoms with Gasteiger partial charge in [-0.15, -0.1) is 0 Å². The third-order valence-corrected chi connectivity index (χ3v) is 7.08. The maximum atomic E-state index is 13.3. The molecule has 3 aromatic carbocycles. The average Bonchev–Trinajstić information content (AvgIpc) is 2.66. The first-order valence-electron chi connectivity index (χ1n) is 8.22. The summed E-state index contributed by atoms with van der Waals surface area (Å²) in [6, 6.07) is 23.5. The Morgan fingerprint density at radius 2 is 1.23 bits per heavy atom. The van der Waals surface area contributed by atoms with E-state index in [1.165, 1.54) is 32.3 Å². The molecule has 0 aliphatic carbocycles. The third kappa shape index (κ3) is 5.26. The summed E-state index contributed by atoms with van der Waals surface area (Å²) in [4.78, 5) is 0. The first kappa shape index (κ1) is 19.3. The van der Waals surface area contributed by atoms with E-state index in [0.717, 1.165) is 28.4 Å². The van der Waals surface area contributed by atoms with Crippen molar-refractivity contribution in [2.75, 3.05) is 0 Å². The van der Waals surface area contributed by atoms with Crippen molar-refractivity contribution in [1.29, 1.82) is 0 Å². The molecule has 3 rings (SSSR count). The molecule has 0 N–H and O–H groups in total. The van der Waals surface area contributed by atoms with Gasteiger partial charge < -0.3 is 0 Å². The molecule has 0 aliphatic rings. The topological polar surface area (TPSA) is 0 Å². The SMILES string of the molecule is Fc1ccc(C(=C(I)CC[Se]c2ccccc2)c2ccc(F)cc2)cc1. The molecule has 0 saturated carbocycles. The van der Waals surface area contributed by atoms with Crippen molar-refractivity contribution < 1.29 is 8.78 Å². The van der Waals surface area contributed by atoms with E-state index < -0.39 is 0 Å². The Kier molecular flexibility index (Phi) is 7.00. The van der Waals surface area contributed by atoms with Crippen molar-refractivity contribution in [2.24, 2.45) is 0 Å². The zero-order chi connectivity index (χ0) is 18.4. The van der Waals surface area contributed by atoms with Crippen LogP contribution in [-0.4, -0.2) is 15.0 Å². The fourth-order valence-electron chi connectivity index (χ4n) is 2.61. The van der Waals surface area contributed by atoms with Crippen LogP contribution in [0.4, 0.5) is 8.78 Å². The van der Waals surface area contributed by atoms with Crippen LogP contribution in [0.5, 0.6) is 0 Å². The van der Waals surface area contributed by atoms with E-state index in [2.05, 4.69) is 46.9 Å². The van der Waals surface area contributed by atoms with Gasteiger partial charge in [0.2, 0.25) is 0 Å². The number of hydrogen-bond donors (Lipinski definition) is 0. The number of hydrogen-bond acceptors (Lipinski definition) is 0. The van der Waals surface area contributed by atoms with E-state index in [1.54, 1.807) is 24.3 Å². The van der Waals surface area contributed by atoms with Crippen LogP contribution in [0.3, 0.4) is 0 Å². The van der Waals surface area contributed by atoms with Crippen LogP contribution in [0.2, 0.25) is 5.32 Å². The molecule has 0 aliphatic heterocycles. The number of benzene rings is 3. The molecular formula is C22H17F2ISe. The monoisotopic (exact) mass is 526 g/mol. The zero-order valence-corrected chi connectivity index (χ0v) is 17.8. The van der Waals surface area contributed by atoms with Gasteiger partial charge in [0.25, 0.3) is 0 Å². The van der Waals surface area contributed by atoms with Crippen molar-refractivity contribution in [3.8, 4) is 0 Å². The first-order valence-corrected chi connectivity index (χ1v) is 11.4. The van der Waals surface area contributed by atoms with E-state index in [1.807, 2.05) is 6.07 Å². The van der Waals surface area contributed by atoms with E-state index >= 15 is 0 Å². The van der Waals surface area contributed by atoms with Gasteiger partial charge in [0, 0.05) is 0 Å². The summed E-state index contributed by atoms with van der Waals surface area (Å²) in [5.74, 6) is -0.510. The number of halogens is 3. The van der Waals surface area contributed by atoms with Gasteiger partial charge in [0.05, 0.1) is 0 Å². The molecule has 0 atom stereocenters. The Hall–Kier alpha value is -1.49. The van der Waals surface area contributed by atoms with Crippen molar-refractivity contribution >= 4 is 47.6 Å². The van der Waals surface area contributed by atoms with Crippen LogP contribution in [0.25, 0.3) is 5.57 Å². The predicted octanol–water partition coefficient (Wildman–Crippen LogP) is 6.00. The van der Waals surface area contributed by atoms with E-state index in [4.69, 9.17) is 0 Å². The Balaban J connectivity index is 1.86. The standard InChI is InChI=1S/C22H17F2ISe/c23-18-10-6-16(7-11-18)22(17-8-12-19(24)13-9-17)21(25)14-15-26-20-4-2-1-3-5-20/h1-13H,14-15H2. The van der Waals surface area contributed by atoms with Gasteiger partial charge in [0.15, 0.2) is 0 Å². The molecule has 4 heteroatoms. The van der Waals surface area contributed by atoms with Crippen LogP contribution >= 0.6 is 22.6 Å². The first-order chi connectivity index (χ1) is 12.6. The minimum absolute atomic E-state index is 0.255. The summed E-state index contributed by atoms with van der Waals surface area (Å²) in [5.41, 5.74) is 2.96. The van der Waals surface area contributed by atoms with Crippen molar-refractivity contribution in [3.63, 3.8) is 0 Å². The molecule has 0 saturated heterocycles. The van der Waals surface area contributed by atoms with Crippen LogP contribution in [0.1, 0.15) is 17.5 Å². The number of allylic oxidation sites excluding steroid dienone is 1. The van der Waals surface area contributed by atoms with Gasteiger partial charge in [-0.2, -0.15) is 0 Å². The van der Waals surface area contributed by atoms with Gasteiger partial charge in [-0.05, 0) is 0 Å². The molecule has 26 heavy (non-hydrogen) atoms. The summed E-state index contributed by atoms with van der Waals surface area (Å²) in [6.07, 6.45) is 0.944. The summed E-state index contributed by atoms with van der Waals surface area (Å²) in [6.45, 7) is 0. The van der Waals surface area contributed by atoms with Crippen LogP contribution in [-0.2, 0) is 0 Å². The second-order valence-corrected chi connectivity index (χ2v) is 9.46. The van der Waals surface area contributed by atoms with Crippen molar-refractivity contribution in [2.45, 2.75) is 11.7 Å². The maximum absolute atomic E-state index is 13.3. The van der Waals surface area contributed by atoms with Gasteiger partial charge in [-0.1, -0.05) is 0 Å². The van der Waals surface area contributed by atoms with Crippen molar-refractivity contribution in [3.05, 3.63) is 105 Å². The second-order valence-electron chi connectivity index (χ2n) is 5.71. The fraction of sp³-hybridized carbons (Fsp3) is 0.0909. The molecule has 0 unspecified atom stereocenters. The van der Waals surface area contributed by atoms with Gasteiger partial charge >= 0.3 is 173 Å². The van der Waals surface area contributed by atoms with E-state index in [-0.39, 0.29) is 11.6 Å². The fourth-order valence-corrected chi connectivity index (χ4v) is 6.20. The van der Waals surface area contributed by atoms with Gasteiger partial charge in [0.1, 0.15) is 0 Å². The average molecular weight is 525 g/mol. The Morgan fingerprint density at radius 3 is 1.73 bits per heavy atom. The Morgan fingerprint density at radius 1 is 0.731 bits per heavy atom. The summed E-state index contributed by atoms with van der Waals surface area (Å²) >= 11 is 2.78. The Labute approximate surface area is 172 Å². The molecule has 0 spiro atoms. The molecule has 132 valence electrons. The van der Waals surface area contributed by atoms with Gasteiger partial charge in [-0.25, -0.2) is 0 Å². The van der Waals surface area contributed by atoms with Crippen LogP contribution in [0.15, 0.2) is 82.4 Å². The van der Waals surface area contributed by atoms with Crippen LogP contribution < -0.4 is 4.46 Å². The summed E-state index contributed by atoms with van der Waals surface area (Å²) in [5, 5.41) is 1.08. The van der Waals surface area contributed by atoms with E-state index in [0.29, 0.717) is 15.0 Å². The summed E-state index contributed by atoms with van der Waals surface area (Å²) < 4.78 is 29.3. The quantitative estimate of drug-likeness (QED) is 0.274. The van der Waals surface area contributed by atoms with Crippen molar-refractivity contribution in [1.82, 2.24) is 0 Å². The normalized spacial score (nSPS) is 10.6. The number of rotatable bonds is 6. The summed E-state index contributed by atoms with van der Waals surface area (Å²) in [7, 11) is 0. The Bertz CT molecular complexity index is 825. The zero-order valence-electron chi connectivity index (χ0n) is 14.0. The molecular weight excluding hydrogens is 508 g/mol. The second kappa shape index (κ2) is 9.45. The molecule has 0 fully saturated rings. The molecule has 3 aromatic rings. The van der Waals surface area contributed by atoms with Crippen LogP contribution in [0, 0.1) is 11.6 Å². The molecule has 0 amide bonds. The minimum atomic E-state index is -0.255. The molecule has 0 nitrogen and oxygen atoms in total. The molecule has 0 aromatic heterocycles. The third-order valence-electron chi connectivity index (χ3n) is 3.87. The molecule has 0 bridgehead atoms. The predicted molar refractivity (Wildman–Crippen MR) is 114 cm³/mol. The van der Waals surface area contributed by atoms with Gasteiger partial charge in [-0.3, -0.25) is 0 Å². The van der Waals surface area contributed by atoms with E-state index in [9.17, 15) is 8.78 Å². The molecule has 0 radical (unpaired) electrons. The molecule has 0 heterocycles.